The molecule has 1 aliphatic carbocycles. The van der Waals surface area contributed by atoms with Crippen molar-refractivity contribution >= 4 is 28.6 Å². The number of benzene rings is 1. The van der Waals surface area contributed by atoms with Crippen LogP contribution in [0, 0.1) is 0 Å². The topological polar surface area (TPSA) is 64.0 Å². The molecule has 0 bridgehead atoms. The molecule has 6 heteroatoms. The molecule has 0 radical (unpaired) electrons. The van der Waals surface area contributed by atoms with Crippen molar-refractivity contribution in [1.29, 1.82) is 0 Å². The number of thioether (sulfide) groups is 1. The number of fused-ring (bicyclic) bond motifs is 1. The van der Waals surface area contributed by atoms with Crippen molar-refractivity contribution in [2.24, 2.45) is 0 Å². The van der Waals surface area contributed by atoms with Gasteiger partial charge in [0.2, 0.25) is 5.91 Å². The SMILES string of the molecule is CC[C@@H](C)n1c(S[C@H](C)C(=O)NC2CCCC2)nc2ccccc2c1=O. The Hall–Kier alpha value is -1.82. The van der Waals surface area contributed by atoms with E-state index in [9.17, 15) is 9.59 Å². The highest BCUT2D eigenvalue weighted by atomic mass is 32.2. The van der Waals surface area contributed by atoms with E-state index in [1.807, 2.05) is 38.1 Å². The van der Waals surface area contributed by atoms with Crippen molar-refractivity contribution in [2.45, 2.75) is 75.4 Å². The Morgan fingerprint density at radius 2 is 2.00 bits per heavy atom. The number of nitrogens with zero attached hydrogens (tertiary/aromatic N) is 2. The molecular weight excluding hydrogens is 346 g/mol. The normalized spacial score (nSPS) is 17.3. The number of amides is 1. The second-order valence-electron chi connectivity index (χ2n) is 7.09. The average molecular weight is 374 g/mol. The van der Waals surface area contributed by atoms with Crippen molar-refractivity contribution in [2.75, 3.05) is 0 Å². The van der Waals surface area contributed by atoms with Gasteiger partial charge in [0, 0.05) is 12.1 Å². The molecule has 140 valence electrons. The van der Waals surface area contributed by atoms with E-state index in [-0.39, 0.29) is 22.8 Å². The summed E-state index contributed by atoms with van der Waals surface area (Å²) in [5, 5.41) is 4.09. The van der Waals surface area contributed by atoms with Gasteiger partial charge in [0.25, 0.3) is 5.56 Å². The fourth-order valence-electron chi connectivity index (χ4n) is 3.38. The van der Waals surface area contributed by atoms with E-state index in [1.54, 1.807) is 4.57 Å². The number of rotatable bonds is 6. The highest BCUT2D eigenvalue weighted by molar-refractivity contribution is 8.00. The predicted molar refractivity (Wildman–Crippen MR) is 107 cm³/mol. The van der Waals surface area contributed by atoms with Gasteiger partial charge in [0.05, 0.1) is 16.2 Å². The Kier molecular flexibility index (Phi) is 6.01. The predicted octanol–water partition coefficient (Wildman–Crippen LogP) is 3.91. The van der Waals surface area contributed by atoms with Gasteiger partial charge in [-0.1, -0.05) is 43.7 Å². The molecule has 2 aromatic rings. The fourth-order valence-corrected chi connectivity index (χ4v) is 4.40. The molecule has 1 fully saturated rings. The number of para-hydroxylation sites is 1. The van der Waals surface area contributed by atoms with E-state index in [0.29, 0.717) is 22.1 Å². The first-order valence-corrected chi connectivity index (χ1v) is 10.4. The van der Waals surface area contributed by atoms with E-state index >= 15 is 0 Å². The van der Waals surface area contributed by atoms with Gasteiger partial charge >= 0.3 is 0 Å². The van der Waals surface area contributed by atoms with Crippen LogP contribution in [0.5, 0.6) is 0 Å². The summed E-state index contributed by atoms with van der Waals surface area (Å²) in [6.07, 6.45) is 5.33. The molecule has 0 saturated heterocycles. The minimum atomic E-state index is -0.293. The van der Waals surface area contributed by atoms with Gasteiger partial charge in [-0.3, -0.25) is 14.2 Å². The van der Waals surface area contributed by atoms with Crippen molar-refractivity contribution in [1.82, 2.24) is 14.9 Å². The zero-order valence-electron chi connectivity index (χ0n) is 15.7. The van der Waals surface area contributed by atoms with Crippen LogP contribution in [0.25, 0.3) is 10.9 Å². The second kappa shape index (κ2) is 8.25. The molecule has 2 atom stereocenters. The molecule has 0 spiro atoms. The van der Waals surface area contributed by atoms with Gasteiger partial charge in [-0.05, 0) is 45.2 Å². The Labute approximate surface area is 158 Å². The Bertz CT molecular complexity index is 843. The van der Waals surface area contributed by atoms with Crippen LogP contribution in [0.4, 0.5) is 0 Å². The van der Waals surface area contributed by atoms with E-state index in [2.05, 4.69) is 12.2 Å². The summed E-state index contributed by atoms with van der Waals surface area (Å²) in [4.78, 5) is 30.2. The molecule has 1 N–H and O–H groups in total. The highest BCUT2D eigenvalue weighted by Crippen LogP contribution is 2.26. The molecule has 1 aliphatic rings. The average Bonchev–Trinajstić information content (AvgIpc) is 3.14. The van der Waals surface area contributed by atoms with Crippen molar-refractivity contribution in [3.63, 3.8) is 0 Å². The summed E-state index contributed by atoms with van der Waals surface area (Å²) in [6.45, 7) is 5.96. The standard InChI is InChI=1S/C20H27N3O2S/c1-4-13(2)23-19(25)16-11-7-8-12-17(16)22-20(23)26-14(3)18(24)21-15-9-5-6-10-15/h7-8,11-15H,4-6,9-10H2,1-3H3,(H,21,24)/t13-,14-/m1/s1. The summed E-state index contributed by atoms with van der Waals surface area (Å²) in [5.41, 5.74) is 0.652. The van der Waals surface area contributed by atoms with Gasteiger partial charge in [0.15, 0.2) is 5.16 Å². The van der Waals surface area contributed by atoms with Crippen molar-refractivity contribution in [3.05, 3.63) is 34.6 Å². The molecule has 1 heterocycles. The van der Waals surface area contributed by atoms with E-state index in [0.717, 1.165) is 19.3 Å². The van der Waals surface area contributed by atoms with Crippen LogP contribution in [-0.2, 0) is 4.79 Å². The van der Waals surface area contributed by atoms with Crippen LogP contribution < -0.4 is 10.9 Å². The van der Waals surface area contributed by atoms with Gasteiger partial charge in [-0.25, -0.2) is 4.98 Å². The third-order valence-electron chi connectivity index (χ3n) is 5.16. The molecule has 5 nitrogen and oxygen atoms in total. The van der Waals surface area contributed by atoms with Crippen LogP contribution in [0.15, 0.2) is 34.2 Å². The first-order valence-electron chi connectivity index (χ1n) is 9.49. The molecular formula is C20H27N3O2S. The number of carbonyl (C=O) groups is 1. The molecule has 3 rings (SSSR count). The first kappa shape index (κ1) is 19.0. The first-order chi connectivity index (χ1) is 12.5. The zero-order chi connectivity index (χ0) is 18.7. The molecule has 1 saturated carbocycles. The molecule has 1 aromatic carbocycles. The quantitative estimate of drug-likeness (QED) is 0.616. The van der Waals surface area contributed by atoms with Crippen LogP contribution in [0.1, 0.15) is 58.9 Å². The largest absolute Gasteiger partial charge is 0.352 e. The lowest BCUT2D eigenvalue weighted by molar-refractivity contribution is -0.120. The molecule has 0 unspecified atom stereocenters. The third kappa shape index (κ3) is 3.95. The van der Waals surface area contributed by atoms with Gasteiger partial charge < -0.3 is 5.32 Å². The maximum atomic E-state index is 13.0. The number of hydrogen-bond acceptors (Lipinski definition) is 4. The van der Waals surface area contributed by atoms with E-state index in [4.69, 9.17) is 4.98 Å². The third-order valence-corrected chi connectivity index (χ3v) is 6.23. The minimum Gasteiger partial charge on any atom is -0.352 e. The zero-order valence-corrected chi connectivity index (χ0v) is 16.5. The van der Waals surface area contributed by atoms with Crippen molar-refractivity contribution < 1.29 is 4.79 Å². The Balaban J connectivity index is 1.90. The molecule has 0 aliphatic heterocycles. The summed E-state index contributed by atoms with van der Waals surface area (Å²) in [7, 11) is 0. The maximum absolute atomic E-state index is 13.0. The fraction of sp³-hybridized carbons (Fsp3) is 0.550. The van der Waals surface area contributed by atoms with Crippen LogP contribution >= 0.6 is 11.8 Å². The van der Waals surface area contributed by atoms with Crippen LogP contribution in [-0.4, -0.2) is 26.8 Å². The summed E-state index contributed by atoms with van der Waals surface area (Å²) in [6, 6.07) is 7.74. The Morgan fingerprint density at radius 3 is 2.69 bits per heavy atom. The lowest BCUT2D eigenvalue weighted by Gasteiger charge is -2.21. The maximum Gasteiger partial charge on any atom is 0.262 e. The van der Waals surface area contributed by atoms with Crippen LogP contribution in [0.2, 0.25) is 0 Å². The number of hydrogen-bond donors (Lipinski definition) is 1. The Morgan fingerprint density at radius 1 is 1.31 bits per heavy atom. The van der Waals surface area contributed by atoms with E-state index < -0.39 is 0 Å². The summed E-state index contributed by atoms with van der Waals surface area (Å²) >= 11 is 1.37. The number of nitrogens with one attached hydrogen (secondary N) is 1. The smallest absolute Gasteiger partial charge is 0.262 e. The monoisotopic (exact) mass is 373 g/mol. The lowest BCUT2D eigenvalue weighted by Crippen LogP contribution is -2.38. The van der Waals surface area contributed by atoms with Gasteiger partial charge in [-0.15, -0.1) is 0 Å². The molecule has 1 aromatic heterocycles. The molecule has 26 heavy (non-hydrogen) atoms. The highest BCUT2D eigenvalue weighted by Gasteiger charge is 2.24. The van der Waals surface area contributed by atoms with Gasteiger partial charge in [0.1, 0.15) is 0 Å². The molecule has 1 amide bonds. The van der Waals surface area contributed by atoms with E-state index in [1.165, 1.54) is 24.6 Å². The van der Waals surface area contributed by atoms with Crippen molar-refractivity contribution in [3.8, 4) is 0 Å². The summed E-state index contributed by atoms with van der Waals surface area (Å²) in [5.74, 6) is 0.0278. The number of carbonyl (C=O) groups excluding carboxylic acids is 1. The summed E-state index contributed by atoms with van der Waals surface area (Å²) < 4.78 is 1.74. The minimum absolute atomic E-state index is 0.0278. The van der Waals surface area contributed by atoms with Crippen LogP contribution in [0.3, 0.4) is 0 Å². The lowest BCUT2D eigenvalue weighted by atomic mass is 10.2. The number of aromatic nitrogens is 2. The second-order valence-corrected chi connectivity index (χ2v) is 8.40. The van der Waals surface area contributed by atoms with Gasteiger partial charge in [-0.2, -0.15) is 0 Å².